The first-order chi connectivity index (χ1) is 19.5. The van der Waals surface area contributed by atoms with Gasteiger partial charge in [-0.05, 0) is 98.7 Å². The number of likely N-dealkylation sites (tertiary alicyclic amines) is 2. The van der Waals surface area contributed by atoms with Crippen LogP contribution >= 0.6 is 0 Å². The minimum atomic E-state index is 0.113. The number of aromatic nitrogens is 1. The Morgan fingerprint density at radius 2 is 1.68 bits per heavy atom. The minimum absolute atomic E-state index is 0.113. The number of aryl methyl sites for hydroxylation is 1. The predicted octanol–water partition coefficient (Wildman–Crippen LogP) is 6.41. The van der Waals surface area contributed by atoms with Crippen molar-refractivity contribution in [2.45, 2.75) is 52.5 Å². The molecule has 1 aromatic heterocycles. The quantitative estimate of drug-likeness (QED) is 0.208. The number of hydrogen-bond acceptors (Lipinski definition) is 5. The molecule has 2 fully saturated rings. The molecule has 1 atom stereocenters. The number of amides is 1. The summed E-state index contributed by atoms with van der Waals surface area (Å²) in [5, 5.41) is 7.91. The Hall–Kier alpha value is -3.22. The molecule has 2 saturated heterocycles. The summed E-state index contributed by atoms with van der Waals surface area (Å²) < 4.78 is 6.32. The van der Waals surface area contributed by atoms with Gasteiger partial charge in [0.05, 0.1) is 11.3 Å². The SMILES string of the molecule is Cc1oc(-c2c3ccccc3cc3ccccc23)nc1CN1CCC(C(=O)NCCCN2CCC[C@@H](C)C2)CC1. The number of carbonyl (C=O) groups is 1. The van der Waals surface area contributed by atoms with Crippen LogP contribution in [-0.4, -0.2) is 60.0 Å². The van der Waals surface area contributed by atoms with E-state index >= 15 is 0 Å². The van der Waals surface area contributed by atoms with E-state index in [0.717, 1.165) is 85.7 Å². The van der Waals surface area contributed by atoms with Gasteiger partial charge < -0.3 is 14.6 Å². The lowest BCUT2D eigenvalue weighted by molar-refractivity contribution is -0.126. The van der Waals surface area contributed by atoms with Crippen molar-refractivity contribution >= 4 is 27.5 Å². The first kappa shape index (κ1) is 27.0. The fourth-order valence-electron chi connectivity index (χ4n) is 6.64. The summed E-state index contributed by atoms with van der Waals surface area (Å²) in [4.78, 5) is 22.8. The Morgan fingerprint density at radius 3 is 2.38 bits per heavy atom. The van der Waals surface area contributed by atoms with E-state index < -0.39 is 0 Å². The second kappa shape index (κ2) is 12.1. The standard InChI is InChI=1S/C34H42N4O2/c1-24-9-7-17-37(22-24)18-8-16-35-33(39)26-14-19-38(20-15-26)23-31-25(2)40-34(36-31)32-29-12-5-3-10-27(29)21-28-11-4-6-13-30(28)32/h3-6,10-13,21,24,26H,7-9,14-20,22-23H2,1-2H3,(H,35,39)/t24-/m1/s1. The average molecular weight is 539 g/mol. The number of oxazole rings is 1. The Kier molecular flexibility index (Phi) is 8.17. The average Bonchev–Trinajstić information content (AvgIpc) is 3.33. The van der Waals surface area contributed by atoms with Crippen LogP contribution in [0.5, 0.6) is 0 Å². The summed E-state index contributed by atoms with van der Waals surface area (Å²) in [6.07, 6.45) is 5.49. The van der Waals surface area contributed by atoms with Crippen molar-refractivity contribution in [3.8, 4) is 11.5 Å². The Labute approximate surface area is 237 Å². The number of nitrogens with zero attached hydrogens (tertiary/aromatic N) is 3. The van der Waals surface area contributed by atoms with Crippen molar-refractivity contribution in [1.29, 1.82) is 0 Å². The zero-order valence-corrected chi connectivity index (χ0v) is 24.0. The van der Waals surface area contributed by atoms with Crippen molar-refractivity contribution in [3.05, 3.63) is 66.1 Å². The van der Waals surface area contributed by atoms with E-state index in [1.165, 1.54) is 36.7 Å². The molecule has 3 aromatic carbocycles. The molecule has 2 aliphatic heterocycles. The van der Waals surface area contributed by atoms with E-state index in [2.05, 4.69) is 76.6 Å². The van der Waals surface area contributed by atoms with Gasteiger partial charge in [-0.25, -0.2) is 4.98 Å². The van der Waals surface area contributed by atoms with Gasteiger partial charge in [-0.3, -0.25) is 9.69 Å². The molecule has 40 heavy (non-hydrogen) atoms. The summed E-state index contributed by atoms with van der Waals surface area (Å²) >= 11 is 0. The molecule has 210 valence electrons. The fraction of sp³-hybridized carbons (Fsp3) is 0.471. The van der Waals surface area contributed by atoms with E-state index in [0.29, 0.717) is 5.89 Å². The molecule has 0 aliphatic carbocycles. The molecule has 0 saturated carbocycles. The maximum Gasteiger partial charge on any atom is 0.227 e. The molecule has 6 nitrogen and oxygen atoms in total. The zero-order chi connectivity index (χ0) is 27.5. The van der Waals surface area contributed by atoms with Crippen molar-refractivity contribution in [2.75, 3.05) is 39.3 Å². The lowest BCUT2D eigenvalue weighted by Crippen LogP contribution is -2.41. The third-order valence-electron chi connectivity index (χ3n) is 8.90. The molecule has 0 radical (unpaired) electrons. The second-order valence-corrected chi connectivity index (χ2v) is 12.0. The molecule has 0 bridgehead atoms. The van der Waals surface area contributed by atoms with Gasteiger partial charge in [0, 0.05) is 25.6 Å². The van der Waals surface area contributed by atoms with Crippen LogP contribution in [0.25, 0.3) is 33.0 Å². The third kappa shape index (κ3) is 5.93. The highest BCUT2D eigenvalue weighted by Crippen LogP contribution is 2.37. The molecule has 6 rings (SSSR count). The summed E-state index contributed by atoms with van der Waals surface area (Å²) in [6.45, 7) is 11.2. The third-order valence-corrected chi connectivity index (χ3v) is 8.90. The van der Waals surface area contributed by atoms with Gasteiger partial charge in [0.2, 0.25) is 11.8 Å². The van der Waals surface area contributed by atoms with Crippen molar-refractivity contribution in [3.63, 3.8) is 0 Å². The lowest BCUT2D eigenvalue weighted by atomic mass is 9.95. The van der Waals surface area contributed by atoms with Crippen LogP contribution in [0, 0.1) is 18.8 Å². The fourth-order valence-corrected chi connectivity index (χ4v) is 6.64. The van der Waals surface area contributed by atoms with Crippen LogP contribution in [0.15, 0.2) is 59.0 Å². The van der Waals surface area contributed by atoms with E-state index in [1.807, 2.05) is 6.92 Å². The molecule has 1 N–H and O–H groups in total. The van der Waals surface area contributed by atoms with Gasteiger partial charge in [0.25, 0.3) is 0 Å². The van der Waals surface area contributed by atoms with Gasteiger partial charge in [-0.15, -0.1) is 0 Å². The number of fused-ring (bicyclic) bond motifs is 2. The van der Waals surface area contributed by atoms with Crippen LogP contribution in [-0.2, 0) is 11.3 Å². The topological polar surface area (TPSA) is 61.6 Å². The molecule has 3 heterocycles. The Bertz CT molecular complexity index is 1420. The zero-order valence-electron chi connectivity index (χ0n) is 24.0. The summed E-state index contributed by atoms with van der Waals surface area (Å²) in [5.41, 5.74) is 2.05. The number of piperidine rings is 2. The van der Waals surface area contributed by atoms with Crippen molar-refractivity contribution in [2.24, 2.45) is 11.8 Å². The van der Waals surface area contributed by atoms with Gasteiger partial charge in [0.15, 0.2) is 0 Å². The van der Waals surface area contributed by atoms with Gasteiger partial charge in [-0.1, -0.05) is 55.5 Å². The number of carbonyl (C=O) groups excluding carboxylic acids is 1. The molecule has 0 unspecified atom stereocenters. The molecule has 4 aromatic rings. The Balaban J connectivity index is 1.05. The smallest absolute Gasteiger partial charge is 0.227 e. The predicted molar refractivity (Wildman–Crippen MR) is 162 cm³/mol. The Morgan fingerprint density at radius 1 is 0.975 bits per heavy atom. The van der Waals surface area contributed by atoms with E-state index in [9.17, 15) is 4.79 Å². The molecular weight excluding hydrogens is 496 g/mol. The molecule has 1 amide bonds. The highest BCUT2D eigenvalue weighted by molar-refractivity contribution is 6.11. The van der Waals surface area contributed by atoms with Crippen LogP contribution < -0.4 is 5.32 Å². The highest BCUT2D eigenvalue weighted by atomic mass is 16.4. The first-order valence-electron chi connectivity index (χ1n) is 15.1. The molecule has 6 heteroatoms. The minimum Gasteiger partial charge on any atom is -0.441 e. The second-order valence-electron chi connectivity index (χ2n) is 12.0. The summed E-state index contributed by atoms with van der Waals surface area (Å²) in [7, 11) is 0. The summed E-state index contributed by atoms with van der Waals surface area (Å²) in [5.74, 6) is 2.71. The van der Waals surface area contributed by atoms with Gasteiger partial charge in [0.1, 0.15) is 5.76 Å². The monoisotopic (exact) mass is 538 g/mol. The number of rotatable bonds is 8. The molecule has 0 spiro atoms. The normalized spacial score (nSPS) is 19.4. The number of nitrogens with one attached hydrogen (secondary N) is 1. The van der Waals surface area contributed by atoms with Crippen LogP contribution in [0.4, 0.5) is 0 Å². The van der Waals surface area contributed by atoms with E-state index in [-0.39, 0.29) is 11.8 Å². The highest BCUT2D eigenvalue weighted by Gasteiger charge is 2.26. The number of benzene rings is 3. The van der Waals surface area contributed by atoms with E-state index in [4.69, 9.17) is 9.40 Å². The maximum absolute atomic E-state index is 12.8. The van der Waals surface area contributed by atoms with Gasteiger partial charge in [-0.2, -0.15) is 0 Å². The maximum atomic E-state index is 12.8. The van der Waals surface area contributed by atoms with E-state index in [1.54, 1.807) is 0 Å². The number of hydrogen-bond donors (Lipinski definition) is 1. The van der Waals surface area contributed by atoms with Gasteiger partial charge >= 0.3 is 0 Å². The van der Waals surface area contributed by atoms with Crippen LogP contribution in [0.1, 0.15) is 50.5 Å². The summed E-state index contributed by atoms with van der Waals surface area (Å²) in [6, 6.07) is 19.1. The van der Waals surface area contributed by atoms with Crippen LogP contribution in [0.3, 0.4) is 0 Å². The van der Waals surface area contributed by atoms with Crippen molar-refractivity contribution in [1.82, 2.24) is 20.1 Å². The van der Waals surface area contributed by atoms with Crippen LogP contribution in [0.2, 0.25) is 0 Å². The molecular formula is C34H42N4O2. The first-order valence-corrected chi connectivity index (χ1v) is 15.1. The largest absolute Gasteiger partial charge is 0.441 e. The van der Waals surface area contributed by atoms with Crippen molar-refractivity contribution < 1.29 is 9.21 Å². The lowest BCUT2D eigenvalue weighted by Gasteiger charge is -2.31. The molecule has 2 aliphatic rings.